The average molecular weight is 319 g/mol. The summed E-state index contributed by atoms with van der Waals surface area (Å²) in [5.74, 6) is -1.26. The van der Waals surface area contributed by atoms with Crippen molar-refractivity contribution in [3.8, 4) is 0 Å². The number of carboxylic acid groups (broad SMARTS) is 1. The molecule has 0 saturated heterocycles. The third-order valence-corrected chi connectivity index (χ3v) is 6.44. The van der Waals surface area contributed by atoms with Crippen LogP contribution in [-0.2, 0) is 10.0 Å². The number of likely N-dealkylation sites (N-methyl/N-ethyl adjacent to an activating group) is 1. The number of carboxylic acids is 1. The van der Waals surface area contributed by atoms with E-state index in [0.717, 1.165) is 28.5 Å². The lowest BCUT2D eigenvalue weighted by Gasteiger charge is -2.28. The number of aliphatic hydroxyl groups is 1. The molecule has 6 nitrogen and oxygen atoms in total. The fraction of sp³-hybridized carbons (Fsp3) is 0.583. The Morgan fingerprint density at radius 2 is 2.05 bits per heavy atom. The Labute approximate surface area is 121 Å². The van der Waals surface area contributed by atoms with E-state index in [1.54, 1.807) is 0 Å². The molecule has 0 bridgehead atoms. The van der Waals surface area contributed by atoms with E-state index in [1.165, 1.54) is 18.5 Å². The SMILES string of the molecule is CN(CC1(O)CCCC1)S(=O)(=O)c1ccsc1C(=O)O. The summed E-state index contributed by atoms with van der Waals surface area (Å²) < 4.78 is 25.9. The Balaban J connectivity index is 2.25. The minimum absolute atomic E-state index is 0.00968. The van der Waals surface area contributed by atoms with Crippen LogP contribution in [0.2, 0.25) is 0 Å². The predicted molar refractivity (Wildman–Crippen MR) is 74.5 cm³/mol. The van der Waals surface area contributed by atoms with E-state index in [-0.39, 0.29) is 16.3 Å². The van der Waals surface area contributed by atoms with Gasteiger partial charge in [-0.25, -0.2) is 13.2 Å². The van der Waals surface area contributed by atoms with Crippen LogP contribution in [0.5, 0.6) is 0 Å². The highest BCUT2D eigenvalue weighted by atomic mass is 32.2. The van der Waals surface area contributed by atoms with Crippen molar-refractivity contribution in [1.82, 2.24) is 4.31 Å². The summed E-state index contributed by atoms with van der Waals surface area (Å²) in [6, 6.07) is 1.29. The lowest BCUT2D eigenvalue weighted by molar-refractivity contribution is 0.0333. The van der Waals surface area contributed by atoms with Gasteiger partial charge in [0, 0.05) is 13.6 Å². The van der Waals surface area contributed by atoms with E-state index < -0.39 is 21.6 Å². The molecule has 0 radical (unpaired) electrons. The van der Waals surface area contributed by atoms with Crippen molar-refractivity contribution in [3.05, 3.63) is 16.3 Å². The van der Waals surface area contributed by atoms with Crippen molar-refractivity contribution in [1.29, 1.82) is 0 Å². The first-order chi connectivity index (χ1) is 9.26. The molecule has 1 aromatic rings. The summed E-state index contributed by atoms with van der Waals surface area (Å²) in [6.07, 6.45) is 2.90. The molecule has 0 spiro atoms. The molecule has 1 aliphatic carbocycles. The monoisotopic (exact) mass is 319 g/mol. The number of hydrogen-bond acceptors (Lipinski definition) is 5. The highest BCUT2D eigenvalue weighted by molar-refractivity contribution is 7.89. The Morgan fingerprint density at radius 3 is 2.60 bits per heavy atom. The molecule has 1 aliphatic rings. The van der Waals surface area contributed by atoms with Crippen molar-refractivity contribution in [2.45, 2.75) is 36.2 Å². The van der Waals surface area contributed by atoms with E-state index in [9.17, 15) is 18.3 Å². The van der Waals surface area contributed by atoms with Crippen LogP contribution in [0, 0.1) is 0 Å². The zero-order valence-electron chi connectivity index (χ0n) is 11.1. The molecule has 1 fully saturated rings. The van der Waals surface area contributed by atoms with Crippen LogP contribution < -0.4 is 0 Å². The molecule has 0 aromatic carbocycles. The molecule has 2 N–H and O–H groups in total. The van der Waals surface area contributed by atoms with Gasteiger partial charge in [-0.3, -0.25) is 0 Å². The number of rotatable bonds is 5. The maximum absolute atomic E-state index is 12.4. The van der Waals surface area contributed by atoms with Gasteiger partial charge in [0.15, 0.2) is 0 Å². The van der Waals surface area contributed by atoms with Gasteiger partial charge in [0.25, 0.3) is 0 Å². The smallest absolute Gasteiger partial charge is 0.347 e. The van der Waals surface area contributed by atoms with E-state index in [2.05, 4.69) is 0 Å². The van der Waals surface area contributed by atoms with Gasteiger partial charge >= 0.3 is 5.97 Å². The summed E-state index contributed by atoms with van der Waals surface area (Å²) in [7, 11) is -2.52. The Bertz CT molecular complexity index is 601. The van der Waals surface area contributed by atoms with Gasteiger partial charge in [-0.2, -0.15) is 4.31 Å². The van der Waals surface area contributed by atoms with Gasteiger partial charge in [0.05, 0.1) is 5.60 Å². The van der Waals surface area contributed by atoms with Crippen molar-refractivity contribution >= 4 is 27.3 Å². The second-order valence-corrected chi connectivity index (χ2v) is 8.04. The van der Waals surface area contributed by atoms with Crippen LogP contribution in [0.4, 0.5) is 0 Å². The van der Waals surface area contributed by atoms with Gasteiger partial charge in [0.1, 0.15) is 9.77 Å². The van der Waals surface area contributed by atoms with E-state index >= 15 is 0 Å². The molecule has 1 heterocycles. The third kappa shape index (κ3) is 2.88. The molecule has 8 heteroatoms. The summed E-state index contributed by atoms with van der Waals surface area (Å²) in [5.41, 5.74) is -0.999. The zero-order valence-corrected chi connectivity index (χ0v) is 12.7. The number of thiophene rings is 1. The first-order valence-corrected chi connectivity index (χ1v) is 8.58. The maximum atomic E-state index is 12.4. The fourth-order valence-electron chi connectivity index (χ4n) is 2.52. The molecule has 112 valence electrons. The second-order valence-electron chi connectivity index (χ2n) is 5.11. The quantitative estimate of drug-likeness (QED) is 0.855. The lowest BCUT2D eigenvalue weighted by atomic mass is 10.0. The van der Waals surface area contributed by atoms with E-state index in [1.807, 2.05) is 0 Å². The predicted octanol–water partition coefficient (Wildman–Crippen LogP) is 1.37. The number of nitrogens with zero attached hydrogens (tertiary/aromatic N) is 1. The Kier molecular flexibility index (Phi) is 4.19. The number of hydrogen-bond donors (Lipinski definition) is 2. The molecular weight excluding hydrogens is 302 g/mol. The van der Waals surface area contributed by atoms with Gasteiger partial charge in [0.2, 0.25) is 10.0 Å². The van der Waals surface area contributed by atoms with Gasteiger partial charge in [-0.1, -0.05) is 12.8 Å². The molecule has 0 unspecified atom stereocenters. The van der Waals surface area contributed by atoms with Crippen molar-refractivity contribution in [2.75, 3.05) is 13.6 Å². The summed E-state index contributed by atoms with van der Waals surface area (Å²) >= 11 is 0.876. The minimum Gasteiger partial charge on any atom is -0.477 e. The topological polar surface area (TPSA) is 94.9 Å². The van der Waals surface area contributed by atoms with Crippen LogP contribution in [0.3, 0.4) is 0 Å². The first-order valence-electron chi connectivity index (χ1n) is 6.26. The standard InChI is InChI=1S/C12H17NO5S2/c1-13(8-12(16)5-2-3-6-12)20(17,18)9-4-7-19-10(9)11(14)15/h4,7,16H,2-3,5-6,8H2,1H3,(H,14,15). The van der Waals surface area contributed by atoms with Crippen LogP contribution in [0.25, 0.3) is 0 Å². The fourth-order valence-corrected chi connectivity index (χ4v) is 4.99. The first kappa shape index (κ1) is 15.4. The molecule has 1 aromatic heterocycles. The molecule has 0 amide bonds. The van der Waals surface area contributed by atoms with Gasteiger partial charge in [-0.05, 0) is 24.3 Å². The van der Waals surface area contributed by atoms with Gasteiger partial charge < -0.3 is 10.2 Å². The van der Waals surface area contributed by atoms with Gasteiger partial charge in [-0.15, -0.1) is 11.3 Å². The highest BCUT2D eigenvalue weighted by Crippen LogP contribution is 2.32. The molecule has 1 saturated carbocycles. The normalized spacial score (nSPS) is 18.6. The third-order valence-electron chi connectivity index (χ3n) is 3.56. The number of aromatic carboxylic acids is 1. The van der Waals surface area contributed by atoms with Crippen LogP contribution in [0.1, 0.15) is 35.4 Å². The van der Waals surface area contributed by atoms with Crippen LogP contribution in [0.15, 0.2) is 16.3 Å². The summed E-state index contributed by atoms with van der Waals surface area (Å²) in [6.45, 7) is -0.00968. The molecular formula is C12H17NO5S2. The van der Waals surface area contributed by atoms with Crippen molar-refractivity contribution < 1.29 is 23.4 Å². The van der Waals surface area contributed by atoms with Crippen molar-refractivity contribution in [2.24, 2.45) is 0 Å². The van der Waals surface area contributed by atoms with E-state index in [0.29, 0.717) is 12.8 Å². The molecule has 0 aliphatic heterocycles. The number of carbonyl (C=O) groups is 1. The second kappa shape index (κ2) is 5.44. The maximum Gasteiger partial charge on any atom is 0.347 e. The van der Waals surface area contributed by atoms with Crippen LogP contribution >= 0.6 is 11.3 Å². The highest BCUT2D eigenvalue weighted by Gasteiger charge is 2.37. The number of sulfonamides is 1. The average Bonchev–Trinajstić information content (AvgIpc) is 2.97. The Morgan fingerprint density at radius 1 is 1.45 bits per heavy atom. The largest absolute Gasteiger partial charge is 0.477 e. The molecule has 2 rings (SSSR count). The molecule has 0 atom stereocenters. The van der Waals surface area contributed by atoms with Crippen molar-refractivity contribution in [3.63, 3.8) is 0 Å². The van der Waals surface area contributed by atoms with E-state index in [4.69, 9.17) is 5.11 Å². The summed E-state index contributed by atoms with van der Waals surface area (Å²) in [5, 5.41) is 20.7. The lowest BCUT2D eigenvalue weighted by Crippen LogP contribution is -2.42. The molecule has 20 heavy (non-hydrogen) atoms. The zero-order chi connectivity index (χ0) is 15.0. The van der Waals surface area contributed by atoms with Crippen LogP contribution in [-0.4, -0.2) is 48.1 Å². The Hall–Kier alpha value is -0.960. The summed E-state index contributed by atoms with van der Waals surface area (Å²) in [4.78, 5) is 10.6. The minimum atomic E-state index is -3.89.